The summed E-state index contributed by atoms with van der Waals surface area (Å²) in [6.45, 7) is 9.16. The van der Waals surface area contributed by atoms with Crippen LogP contribution in [0.1, 0.15) is 75.4 Å². The van der Waals surface area contributed by atoms with Crippen molar-refractivity contribution in [3.05, 3.63) is 122 Å². The fourth-order valence-electron chi connectivity index (χ4n) is 6.48. The van der Waals surface area contributed by atoms with E-state index in [1.54, 1.807) is 46.6 Å². The highest BCUT2D eigenvalue weighted by molar-refractivity contribution is 6.09. The lowest BCUT2D eigenvalue weighted by Gasteiger charge is -2.31. The van der Waals surface area contributed by atoms with Crippen molar-refractivity contribution in [1.82, 2.24) is 24.1 Å². The lowest BCUT2D eigenvalue weighted by Crippen LogP contribution is -2.36. The van der Waals surface area contributed by atoms with E-state index in [-0.39, 0.29) is 28.0 Å². The zero-order valence-electron chi connectivity index (χ0n) is 30.7. The van der Waals surface area contributed by atoms with Crippen LogP contribution in [-0.2, 0) is 25.9 Å². The highest BCUT2D eigenvalue weighted by Gasteiger charge is 2.28. The van der Waals surface area contributed by atoms with Crippen molar-refractivity contribution in [2.24, 2.45) is 16.3 Å². The summed E-state index contributed by atoms with van der Waals surface area (Å²) in [5.74, 6) is 12.5. The van der Waals surface area contributed by atoms with E-state index in [1.165, 1.54) is 6.07 Å². The van der Waals surface area contributed by atoms with E-state index in [1.807, 2.05) is 37.3 Å². The monoisotopic (exact) mass is 712 g/mol. The summed E-state index contributed by atoms with van der Waals surface area (Å²) >= 11 is 0. The molecule has 2 unspecified atom stereocenters. The molecule has 2 aliphatic rings. The Morgan fingerprint density at radius 1 is 1.00 bits per heavy atom. The van der Waals surface area contributed by atoms with Gasteiger partial charge in [-0.2, -0.15) is 0 Å². The van der Waals surface area contributed by atoms with Gasteiger partial charge in [0.05, 0.1) is 27.4 Å². The van der Waals surface area contributed by atoms with Gasteiger partial charge in [0.25, 0.3) is 11.1 Å². The minimum Gasteiger partial charge on any atom is -0.296 e. The van der Waals surface area contributed by atoms with Crippen molar-refractivity contribution in [2.45, 2.75) is 79.1 Å². The summed E-state index contributed by atoms with van der Waals surface area (Å²) in [4.78, 5) is 43.2. The molecule has 7 rings (SSSR count). The van der Waals surface area contributed by atoms with Gasteiger partial charge in [0, 0.05) is 44.7 Å². The van der Waals surface area contributed by atoms with Crippen molar-refractivity contribution in [3.8, 4) is 23.7 Å². The molecule has 53 heavy (non-hydrogen) atoms. The molecule has 270 valence electrons. The Hall–Kier alpha value is -5.74. The van der Waals surface area contributed by atoms with Gasteiger partial charge in [-0.25, -0.2) is 23.7 Å². The first kappa shape index (κ1) is 37.0. The predicted octanol–water partition coefficient (Wildman–Crippen LogP) is 7.01. The molecule has 10 heteroatoms. The molecule has 2 aromatic carbocycles. The molecule has 5 aromatic rings. The van der Waals surface area contributed by atoms with Crippen LogP contribution in [0, 0.1) is 40.8 Å². The Labute approximate surface area is 307 Å². The summed E-state index contributed by atoms with van der Waals surface area (Å²) in [5.41, 5.74) is 3.13. The molecule has 0 saturated carbocycles. The van der Waals surface area contributed by atoms with E-state index in [9.17, 15) is 18.4 Å². The number of aromatic nitrogens is 5. The predicted molar refractivity (Wildman–Crippen MR) is 206 cm³/mol. The highest BCUT2D eigenvalue weighted by Crippen LogP contribution is 2.30. The average molecular weight is 713 g/mol. The van der Waals surface area contributed by atoms with Gasteiger partial charge in [-0.15, -0.1) is 0 Å². The molecule has 8 nitrogen and oxygen atoms in total. The number of allylic oxidation sites excluding steroid dienone is 2. The number of pyridine rings is 1. The van der Waals surface area contributed by atoms with Crippen LogP contribution >= 0.6 is 0 Å². The van der Waals surface area contributed by atoms with Gasteiger partial charge in [-0.05, 0) is 91.0 Å². The van der Waals surface area contributed by atoms with Crippen molar-refractivity contribution < 1.29 is 8.78 Å². The van der Waals surface area contributed by atoms with Gasteiger partial charge in [0.2, 0.25) is 0 Å². The lowest BCUT2D eigenvalue weighted by molar-refractivity contribution is 0.229. The van der Waals surface area contributed by atoms with Crippen LogP contribution in [0.4, 0.5) is 8.78 Å². The number of nitrogens with zero attached hydrogens (tertiary/aromatic N) is 6. The maximum absolute atomic E-state index is 14.5. The Kier molecular flexibility index (Phi) is 11.1. The molecule has 5 heterocycles. The van der Waals surface area contributed by atoms with E-state index in [0.29, 0.717) is 65.0 Å². The molecular weight excluding hydrogens is 671 g/mol. The van der Waals surface area contributed by atoms with Crippen LogP contribution in [0.15, 0.2) is 81.5 Å². The Balaban J connectivity index is 0.000000181. The summed E-state index contributed by atoms with van der Waals surface area (Å²) < 4.78 is 31.9. The van der Waals surface area contributed by atoms with Crippen LogP contribution in [0.25, 0.3) is 21.8 Å². The first-order valence-corrected chi connectivity index (χ1v) is 17.9. The second-order valence-electron chi connectivity index (χ2n) is 14.3. The maximum atomic E-state index is 14.5. The van der Waals surface area contributed by atoms with E-state index in [4.69, 9.17) is 0 Å². The second kappa shape index (κ2) is 15.9. The fourth-order valence-corrected chi connectivity index (χ4v) is 6.48. The third-order valence-corrected chi connectivity index (χ3v) is 9.60. The highest BCUT2D eigenvalue weighted by atomic mass is 19.1. The molecule has 0 amide bonds. The number of hydrogen-bond donors (Lipinski definition) is 0. The van der Waals surface area contributed by atoms with Gasteiger partial charge >= 0.3 is 0 Å². The quantitative estimate of drug-likeness (QED) is 0.145. The molecule has 0 bridgehead atoms. The minimum atomic E-state index is -0.904. The average Bonchev–Trinajstić information content (AvgIpc) is 3.29. The molecule has 0 fully saturated rings. The molecule has 2 aliphatic heterocycles. The number of fused-ring (bicyclic) bond motifs is 4. The van der Waals surface area contributed by atoms with Crippen LogP contribution in [-0.4, -0.2) is 43.0 Å². The van der Waals surface area contributed by atoms with Gasteiger partial charge < -0.3 is 0 Å². The SMILES string of the molecule is CC/C=C\C(C#Cc1ccc2c(=O)n3c(nc2c1)CC(C)C(F)CC3)=NC.CC1(C)CCc2nc3cc(C#Cc4ccccn4)c(F)cc3c(=O)n2C1. The smallest absolute Gasteiger partial charge is 0.261 e. The van der Waals surface area contributed by atoms with Crippen molar-refractivity contribution in [1.29, 1.82) is 0 Å². The van der Waals surface area contributed by atoms with E-state index < -0.39 is 12.0 Å². The first-order chi connectivity index (χ1) is 25.5. The standard InChI is InChI=1S/C22H24FN3O.C21H18FN3O/c1-4-5-6-17(24-3)9-7-16-8-10-18-20(14-16)25-21-13-15(2)19(23)11-12-26(21)22(18)27;1-21(2)9-8-19-24-18-11-14(6-7-15-5-3-4-10-23-15)17(22)12-16(18)20(26)25(19)13-21/h5-6,8,10,14-15,19H,4,11-13H2,1-3H3;3-5,10-12H,8-9,13H2,1-2H3/b6-5-,24-17?;. The zero-order valence-corrected chi connectivity index (χ0v) is 30.7. The topological polar surface area (TPSA) is 95.0 Å². The summed E-state index contributed by atoms with van der Waals surface area (Å²) in [7, 11) is 1.71. The molecule has 2 atom stereocenters. The lowest BCUT2D eigenvalue weighted by atomic mass is 9.85. The summed E-state index contributed by atoms with van der Waals surface area (Å²) in [5, 5.41) is 0.844. The number of rotatable bonds is 2. The van der Waals surface area contributed by atoms with Gasteiger partial charge in [0.15, 0.2) is 0 Å². The number of hydrogen-bond acceptors (Lipinski definition) is 6. The molecular formula is C43H42F2N6O2. The third-order valence-electron chi connectivity index (χ3n) is 9.60. The number of aliphatic imine (C=N–C) groups is 1. The first-order valence-electron chi connectivity index (χ1n) is 17.9. The Morgan fingerprint density at radius 2 is 1.77 bits per heavy atom. The van der Waals surface area contributed by atoms with Crippen molar-refractivity contribution in [3.63, 3.8) is 0 Å². The van der Waals surface area contributed by atoms with Crippen LogP contribution in [0.2, 0.25) is 0 Å². The normalized spacial score (nSPS) is 17.8. The molecule has 0 radical (unpaired) electrons. The van der Waals surface area contributed by atoms with Crippen molar-refractivity contribution in [2.75, 3.05) is 7.05 Å². The molecule has 0 N–H and O–H groups in total. The fraction of sp³-hybridized carbons (Fsp3) is 0.349. The van der Waals surface area contributed by atoms with E-state index >= 15 is 0 Å². The number of alkyl halides is 1. The van der Waals surface area contributed by atoms with Gasteiger partial charge in [0.1, 0.15) is 35.0 Å². The minimum absolute atomic E-state index is 0.0405. The second-order valence-corrected chi connectivity index (χ2v) is 14.3. The molecule has 3 aromatic heterocycles. The molecule has 0 spiro atoms. The maximum Gasteiger partial charge on any atom is 0.261 e. The Bertz CT molecular complexity index is 2490. The van der Waals surface area contributed by atoms with E-state index in [2.05, 4.69) is 64.4 Å². The van der Waals surface area contributed by atoms with Crippen LogP contribution in [0.3, 0.4) is 0 Å². The van der Waals surface area contributed by atoms with Gasteiger partial charge in [-0.1, -0.05) is 51.7 Å². The number of benzene rings is 2. The van der Waals surface area contributed by atoms with Gasteiger partial charge in [-0.3, -0.25) is 23.7 Å². The van der Waals surface area contributed by atoms with Crippen LogP contribution in [0.5, 0.6) is 0 Å². The zero-order chi connectivity index (χ0) is 37.7. The van der Waals surface area contributed by atoms with Crippen LogP contribution < -0.4 is 11.1 Å². The molecule has 0 aliphatic carbocycles. The number of halogens is 2. The summed E-state index contributed by atoms with van der Waals surface area (Å²) in [6, 6.07) is 13.6. The van der Waals surface area contributed by atoms with Crippen molar-refractivity contribution >= 4 is 27.5 Å². The molecule has 0 saturated heterocycles. The third kappa shape index (κ3) is 8.50. The van der Waals surface area contributed by atoms with E-state index in [0.717, 1.165) is 30.7 Å². The summed E-state index contributed by atoms with van der Waals surface area (Å²) in [6.07, 6.45) is 8.10. The largest absolute Gasteiger partial charge is 0.296 e. The Morgan fingerprint density at radius 3 is 2.53 bits per heavy atom. The number of aryl methyl sites for hydroxylation is 1.